The quantitative estimate of drug-likeness (QED) is 0.782. The molecule has 108 valence electrons. The van der Waals surface area contributed by atoms with Crippen LogP contribution in [0.15, 0.2) is 47.1 Å². The third kappa shape index (κ3) is 2.87. The average molecular weight is 282 g/mol. The van der Waals surface area contributed by atoms with Crippen LogP contribution in [0.1, 0.15) is 22.7 Å². The molecule has 0 aliphatic carbocycles. The van der Waals surface area contributed by atoms with Crippen LogP contribution in [-0.2, 0) is 13.1 Å². The van der Waals surface area contributed by atoms with Crippen LogP contribution in [0.5, 0.6) is 0 Å². The molecular formula is C16H18N4O. The molecule has 0 saturated heterocycles. The van der Waals surface area contributed by atoms with E-state index in [0.717, 1.165) is 29.4 Å². The highest BCUT2D eigenvalue weighted by Crippen LogP contribution is 2.17. The van der Waals surface area contributed by atoms with Gasteiger partial charge >= 0.3 is 0 Å². The van der Waals surface area contributed by atoms with E-state index in [9.17, 15) is 0 Å². The molecule has 2 aromatic heterocycles. The van der Waals surface area contributed by atoms with Gasteiger partial charge in [-0.3, -0.25) is 0 Å². The van der Waals surface area contributed by atoms with Gasteiger partial charge in [-0.2, -0.15) is 5.10 Å². The van der Waals surface area contributed by atoms with Crippen molar-refractivity contribution in [2.45, 2.75) is 26.9 Å². The Balaban J connectivity index is 1.75. The molecule has 0 aliphatic rings. The van der Waals surface area contributed by atoms with Crippen molar-refractivity contribution in [2.75, 3.05) is 0 Å². The second-order valence-corrected chi connectivity index (χ2v) is 4.98. The molecule has 0 radical (unpaired) electrons. The van der Waals surface area contributed by atoms with Crippen LogP contribution >= 0.6 is 0 Å². The number of rotatable bonds is 5. The van der Waals surface area contributed by atoms with Gasteiger partial charge in [0.05, 0.1) is 24.1 Å². The molecule has 5 heteroatoms. The first-order valence-corrected chi connectivity index (χ1v) is 6.96. The third-order valence-corrected chi connectivity index (χ3v) is 3.53. The van der Waals surface area contributed by atoms with E-state index in [4.69, 9.17) is 4.52 Å². The molecule has 0 spiro atoms. The molecule has 0 saturated carbocycles. The van der Waals surface area contributed by atoms with Crippen molar-refractivity contribution in [1.29, 1.82) is 0 Å². The Morgan fingerprint density at radius 3 is 2.62 bits per heavy atom. The topological polar surface area (TPSA) is 55.9 Å². The van der Waals surface area contributed by atoms with Crippen LogP contribution in [-0.4, -0.2) is 14.9 Å². The Morgan fingerprint density at radius 2 is 1.90 bits per heavy atom. The van der Waals surface area contributed by atoms with E-state index < -0.39 is 0 Å². The van der Waals surface area contributed by atoms with Crippen molar-refractivity contribution >= 4 is 0 Å². The summed E-state index contributed by atoms with van der Waals surface area (Å²) in [5.41, 5.74) is 4.50. The summed E-state index contributed by atoms with van der Waals surface area (Å²) in [7, 11) is 0. The molecule has 21 heavy (non-hydrogen) atoms. The van der Waals surface area contributed by atoms with Gasteiger partial charge in [-0.05, 0) is 26.0 Å². The second kappa shape index (κ2) is 5.93. The lowest BCUT2D eigenvalue weighted by Gasteiger charge is -2.06. The van der Waals surface area contributed by atoms with Gasteiger partial charge in [-0.1, -0.05) is 23.4 Å². The van der Waals surface area contributed by atoms with E-state index in [1.54, 1.807) is 6.20 Å². The number of hydrogen-bond donors (Lipinski definition) is 1. The van der Waals surface area contributed by atoms with Crippen molar-refractivity contribution < 1.29 is 4.52 Å². The number of para-hydroxylation sites is 1. The Bertz CT molecular complexity index is 701. The van der Waals surface area contributed by atoms with Gasteiger partial charge in [-0.15, -0.1) is 0 Å². The maximum Gasteiger partial charge on any atom is 0.150 e. The van der Waals surface area contributed by atoms with Crippen LogP contribution in [0.3, 0.4) is 0 Å². The maximum absolute atomic E-state index is 5.07. The molecule has 0 bridgehead atoms. The smallest absolute Gasteiger partial charge is 0.150 e. The number of aryl methyl sites for hydroxylation is 1. The lowest BCUT2D eigenvalue weighted by Crippen LogP contribution is -2.13. The predicted molar refractivity (Wildman–Crippen MR) is 80.1 cm³/mol. The summed E-state index contributed by atoms with van der Waals surface area (Å²) in [5.74, 6) is 0.834. The zero-order valence-corrected chi connectivity index (χ0v) is 12.2. The van der Waals surface area contributed by atoms with Crippen molar-refractivity contribution in [3.8, 4) is 5.69 Å². The highest BCUT2D eigenvalue weighted by atomic mass is 16.5. The minimum absolute atomic E-state index is 0.662. The standard InChI is InChI=1S/C16H18N4O/c1-12-16(11-17-10-15-8-9-18-21-15)13(2)20(19-12)14-6-4-3-5-7-14/h3-9,17H,10-11H2,1-2H3. The third-order valence-electron chi connectivity index (χ3n) is 3.53. The fraction of sp³-hybridized carbons (Fsp3) is 0.250. The minimum atomic E-state index is 0.662. The molecule has 0 fully saturated rings. The number of nitrogens with zero attached hydrogens (tertiary/aromatic N) is 3. The van der Waals surface area contributed by atoms with Gasteiger partial charge in [0.2, 0.25) is 0 Å². The van der Waals surface area contributed by atoms with E-state index in [2.05, 4.69) is 34.6 Å². The van der Waals surface area contributed by atoms with Gasteiger partial charge in [0, 0.05) is 23.9 Å². The fourth-order valence-electron chi connectivity index (χ4n) is 2.40. The molecule has 3 rings (SSSR count). The van der Waals surface area contributed by atoms with Gasteiger partial charge < -0.3 is 9.84 Å². The summed E-state index contributed by atoms with van der Waals surface area (Å²) in [5, 5.41) is 11.7. The first-order chi connectivity index (χ1) is 10.3. The fourth-order valence-corrected chi connectivity index (χ4v) is 2.40. The van der Waals surface area contributed by atoms with Crippen molar-refractivity contribution in [2.24, 2.45) is 0 Å². The summed E-state index contributed by atoms with van der Waals surface area (Å²) in [6.45, 7) is 5.55. The van der Waals surface area contributed by atoms with E-state index in [0.29, 0.717) is 6.54 Å². The predicted octanol–water partition coefficient (Wildman–Crippen LogP) is 2.77. The summed E-state index contributed by atoms with van der Waals surface area (Å²) < 4.78 is 7.06. The van der Waals surface area contributed by atoms with Crippen LogP contribution in [0.4, 0.5) is 0 Å². The van der Waals surface area contributed by atoms with E-state index >= 15 is 0 Å². The first-order valence-electron chi connectivity index (χ1n) is 6.96. The average Bonchev–Trinajstić information content (AvgIpc) is 3.11. The van der Waals surface area contributed by atoms with Crippen LogP contribution in [0, 0.1) is 13.8 Å². The highest BCUT2D eigenvalue weighted by Gasteiger charge is 2.12. The molecule has 5 nitrogen and oxygen atoms in total. The summed E-state index contributed by atoms with van der Waals surface area (Å²) in [6, 6.07) is 12.0. The second-order valence-electron chi connectivity index (χ2n) is 4.98. The van der Waals surface area contributed by atoms with Crippen LogP contribution in [0.25, 0.3) is 5.69 Å². The molecule has 0 aliphatic heterocycles. The molecular weight excluding hydrogens is 264 g/mol. The lowest BCUT2D eigenvalue weighted by molar-refractivity contribution is 0.372. The molecule has 2 heterocycles. The zero-order valence-electron chi connectivity index (χ0n) is 12.2. The van der Waals surface area contributed by atoms with Gasteiger partial charge in [0.15, 0.2) is 0 Å². The number of nitrogens with one attached hydrogen (secondary N) is 1. The molecule has 3 aromatic rings. The van der Waals surface area contributed by atoms with Crippen molar-refractivity contribution in [3.05, 3.63) is 65.3 Å². The molecule has 1 aromatic carbocycles. The number of aromatic nitrogens is 3. The summed E-state index contributed by atoms with van der Waals surface area (Å²) in [6.07, 6.45) is 1.65. The van der Waals surface area contributed by atoms with E-state index in [1.807, 2.05) is 35.9 Å². The van der Waals surface area contributed by atoms with Crippen LogP contribution < -0.4 is 5.32 Å². The zero-order chi connectivity index (χ0) is 14.7. The minimum Gasteiger partial charge on any atom is -0.360 e. The van der Waals surface area contributed by atoms with Gasteiger partial charge in [0.1, 0.15) is 5.76 Å². The van der Waals surface area contributed by atoms with Crippen molar-refractivity contribution in [3.63, 3.8) is 0 Å². The van der Waals surface area contributed by atoms with Gasteiger partial charge in [-0.25, -0.2) is 4.68 Å². The largest absolute Gasteiger partial charge is 0.360 e. The molecule has 0 amide bonds. The SMILES string of the molecule is Cc1nn(-c2ccccc2)c(C)c1CNCc1ccno1. The normalized spacial score (nSPS) is 11.0. The van der Waals surface area contributed by atoms with Crippen LogP contribution in [0.2, 0.25) is 0 Å². The highest BCUT2D eigenvalue weighted by molar-refractivity contribution is 5.36. The Kier molecular flexibility index (Phi) is 3.83. The lowest BCUT2D eigenvalue weighted by atomic mass is 10.2. The Labute approximate surface area is 123 Å². The summed E-state index contributed by atoms with van der Waals surface area (Å²) in [4.78, 5) is 0. The monoisotopic (exact) mass is 282 g/mol. The van der Waals surface area contributed by atoms with Crippen molar-refractivity contribution in [1.82, 2.24) is 20.3 Å². The number of hydrogen-bond acceptors (Lipinski definition) is 4. The van der Waals surface area contributed by atoms with E-state index in [1.165, 1.54) is 5.56 Å². The number of benzene rings is 1. The molecule has 0 atom stereocenters. The maximum atomic E-state index is 5.07. The Morgan fingerprint density at radius 1 is 1.10 bits per heavy atom. The molecule has 1 N–H and O–H groups in total. The van der Waals surface area contributed by atoms with Gasteiger partial charge in [0.25, 0.3) is 0 Å². The molecule has 0 unspecified atom stereocenters. The first kappa shape index (κ1) is 13.6. The van der Waals surface area contributed by atoms with E-state index in [-0.39, 0.29) is 0 Å². The Hall–Kier alpha value is -2.40. The summed E-state index contributed by atoms with van der Waals surface area (Å²) >= 11 is 0.